The van der Waals surface area contributed by atoms with Gasteiger partial charge in [-0.1, -0.05) is 53.1 Å². The van der Waals surface area contributed by atoms with Crippen LogP contribution >= 0.6 is 11.6 Å². The predicted octanol–water partition coefficient (Wildman–Crippen LogP) is 5.41. The summed E-state index contributed by atoms with van der Waals surface area (Å²) in [5.74, 6) is -0.443. The van der Waals surface area contributed by atoms with Gasteiger partial charge in [-0.2, -0.15) is 0 Å². The van der Waals surface area contributed by atoms with Gasteiger partial charge in [0, 0.05) is 10.7 Å². The molecule has 0 aliphatic carbocycles. The molecular weight excluding hydrogens is 432 g/mol. The molecule has 0 saturated carbocycles. The van der Waals surface area contributed by atoms with E-state index < -0.39 is 15.9 Å². The van der Waals surface area contributed by atoms with E-state index in [0.717, 1.165) is 21.0 Å². The van der Waals surface area contributed by atoms with Crippen LogP contribution in [0, 0.1) is 27.7 Å². The smallest absolute Gasteiger partial charge is 0.264 e. The number of amides is 1. The molecule has 0 saturated heterocycles. The zero-order valence-electron chi connectivity index (χ0n) is 17.9. The summed E-state index contributed by atoms with van der Waals surface area (Å²) in [6.45, 7) is 7.14. The molecular formula is C24H25ClN2O3S. The van der Waals surface area contributed by atoms with E-state index in [0.29, 0.717) is 22.0 Å². The first kappa shape index (κ1) is 22.8. The molecule has 31 heavy (non-hydrogen) atoms. The van der Waals surface area contributed by atoms with Crippen molar-refractivity contribution in [3.05, 3.63) is 87.9 Å². The maximum atomic E-state index is 13.5. The SMILES string of the molecule is Cc1ccc(S(=O)(=O)N(CC(=O)Nc2ccc(C)cc2C)c2cc(Cl)ccc2C)cc1. The molecule has 3 rings (SSSR count). The molecule has 7 heteroatoms. The highest BCUT2D eigenvalue weighted by molar-refractivity contribution is 7.92. The van der Waals surface area contributed by atoms with Crippen molar-refractivity contribution in [2.45, 2.75) is 32.6 Å². The van der Waals surface area contributed by atoms with E-state index in [9.17, 15) is 13.2 Å². The van der Waals surface area contributed by atoms with Crippen molar-refractivity contribution in [2.75, 3.05) is 16.2 Å². The number of nitrogens with one attached hydrogen (secondary N) is 1. The van der Waals surface area contributed by atoms with E-state index in [4.69, 9.17) is 11.6 Å². The maximum Gasteiger partial charge on any atom is 0.264 e. The highest BCUT2D eigenvalue weighted by atomic mass is 35.5. The third-order valence-corrected chi connectivity index (χ3v) is 7.00. The van der Waals surface area contributed by atoms with Crippen LogP contribution in [0.5, 0.6) is 0 Å². The van der Waals surface area contributed by atoms with Crippen molar-refractivity contribution >= 4 is 38.9 Å². The molecule has 0 bridgehead atoms. The number of sulfonamides is 1. The maximum absolute atomic E-state index is 13.5. The third kappa shape index (κ3) is 5.27. The van der Waals surface area contributed by atoms with Crippen LogP contribution in [0.2, 0.25) is 5.02 Å². The first-order chi connectivity index (χ1) is 14.6. The highest BCUT2D eigenvalue weighted by Crippen LogP contribution is 2.30. The molecule has 5 nitrogen and oxygen atoms in total. The van der Waals surface area contributed by atoms with Gasteiger partial charge in [-0.15, -0.1) is 0 Å². The van der Waals surface area contributed by atoms with Crippen molar-refractivity contribution in [3.8, 4) is 0 Å². The van der Waals surface area contributed by atoms with Gasteiger partial charge in [0.2, 0.25) is 5.91 Å². The zero-order chi connectivity index (χ0) is 22.8. The van der Waals surface area contributed by atoms with Crippen LogP contribution in [0.25, 0.3) is 0 Å². The van der Waals surface area contributed by atoms with Gasteiger partial charge >= 0.3 is 0 Å². The summed E-state index contributed by atoms with van der Waals surface area (Å²) in [6.07, 6.45) is 0. The van der Waals surface area contributed by atoms with Crippen LogP contribution in [0.15, 0.2) is 65.6 Å². The topological polar surface area (TPSA) is 66.5 Å². The standard InChI is InChI=1S/C24H25ClN2O3S/c1-16-5-10-21(11-6-16)31(29,30)27(23-14-20(25)9-8-18(23)3)15-24(28)26-22-12-7-17(2)13-19(22)4/h5-14H,15H2,1-4H3,(H,26,28). The zero-order valence-corrected chi connectivity index (χ0v) is 19.5. The summed E-state index contributed by atoms with van der Waals surface area (Å²) >= 11 is 6.16. The molecule has 162 valence electrons. The Balaban J connectivity index is 2.00. The highest BCUT2D eigenvalue weighted by Gasteiger charge is 2.28. The fraction of sp³-hybridized carbons (Fsp3) is 0.208. The van der Waals surface area contributed by atoms with Crippen LogP contribution in [0.4, 0.5) is 11.4 Å². The Kier molecular flexibility index (Phi) is 6.72. The number of aryl methyl sites for hydroxylation is 4. The molecule has 1 N–H and O–H groups in total. The summed E-state index contributed by atoms with van der Waals surface area (Å²) in [4.78, 5) is 13.0. The molecule has 0 spiro atoms. The summed E-state index contributed by atoms with van der Waals surface area (Å²) in [5, 5.41) is 3.21. The second-order valence-corrected chi connectivity index (χ2v) is 9.92. The first-order valence-electron chi connectivity index (χ1n) is 9.80. The summed E-state index contributed by atoms with van der Waals surface area (Å²) in [5.41, 5.74) is 4.63. The fourth-order valence-electron chi connectivity index (χ4n) is 3.26. The first-order valence-corrected chi connectivity index (χ1v) is 11.6. The van der Waals surface area contributed by atoms with Crippen LogP contribution in [-0.4, -0.2) is 20.9 Å². The number of benzene rings is 3. The number of nitrogens with zero attached hydrogens (tertiary/aromatic N) is 1. The summed E-state index contributed by atoms with van der Waals surface area (Å²) in [7, 11) is -4.00. The molecule has 0 atom stereocenters. The lowest BCUT2D eigenvalue weighted by Crippen LogP contribution is -2.38. The second-order valence-electron chi connectivity index (χ2n) is 7.62. The Labute approximate surface area is 188 Å². The quantitative estimate of drug-likeness (QED) is 0.539. The number of carbonyl (C=O) groups excluding carboxylic acids is 1. The second kappa shape index (κ2) is 9.12. The largest absolute Gasteiger partial charge is 0.324 e. The predicted molar refractivity (Wildman–Crippen MR) is 126 cm³/mol. The molecule has 0 radical (unpaired) electrons. The average Bonchev–Trinajstić information content (AvgIpc) is 2.70. The Hall–Kier alpha value is -2.83. The minimum Gasteiger partial charge on any atom is -0.324 e. The van der Waals surface area contributed by atoms with E-state index >= 15 is 0 Å². The molecule has 0 aliphatic heterocycles. The van der Waals surface area contributed by atoms with E-state index in [2.05, 4.69) is 5.32 Å². The molecule has 3 aromatic rings. The lowest BCUT2D eigenvalue weighted by atomic mass is 10.1. The van der Waals surface area contributed by atoms with Gasteiger partial charge < -0.3 is 5.32 Å². The third-order valence-electron chi connectivity index (χ3n) is 4.99. The number of halogens is 1. The van der Waals surface area contributed by atoms with Gasteiger partial charge in [-0.25, -0.2) is 8.42 Å². The molecule has 0 fully saturated rings. The van der Waals surface area contributed by atoms with Crippen molar-refractivity contribution in [2.24, 2.45) is 0 Å². The summed E-state index contributed by atoms with van der Waals surface area (Å²) in [6, 6.07) is 17.2. The van der Waals surface area contributed by atoms with E-state index in [1.54, 1.807) is 49.4 Å². The molecule has 3 aromatic carbocycles. The monoisotopic (exact) mass is 456 g/mol. The molecule has 0 aliphatic rings. The fourth-order valence-corrected chi connectivity index (χ4v) is 4.91. The minimum atomic E-state index is -4.00. The average molecular weight is 457 g/mol. The minimum absolute atomic E-state index is 0.108. The van der Waals surface area contributed by atoms with Crippen LogP contribution in [0.3, 0.4) is 0 Å². The van der Waals surface area contributed by atoms with Crippen molar-refractivity contribution in [1.29, 1.82) is 0 Å². The number of rotatable bonds is 6. The molecule has 0 unspecified atom stereocenters. The van der Waals surface area contributed by atoms with Gasteiger partial charge in [0.05, 0.1) is 10.6 Å². The van der Waals surface area contributed by atoms with Gasteiger partial charge in [-0.3, -0.25) is 9.10 Å². The van der Waals surface area contributed by atoms with Crippen LogP contribution in [-0.2, 0) is 14.8 Å². The van der Waals surface area contributed by atoms with Crippen molar-refractivity contribution < 1.29 is 13.2 Å². The Morgan fingerprint density at radius 2 is 1.52 bits per heavy atom. The number of carbonyl (C=O) groups is 1. The Morgan fingerprint density at radius 3 is 2.16 bits per heavy atom. The van der Waals surface area contributed by atoms with Gasteiger partial charge in [-0.05, 0) is 69.2 Å². The van der Waals surface area contributed by atoms with Crippen LogP contribution < -0.4 is 9.62 Å². The van der Waals surface area contributed by atoms with E-state index in [1.807, 2.05) is 39.0 Å². The molecule has 0 heterocycles. The summed E-state index contributed by atoms with van der Waals surface area (Å²) < 4.78 is 28.1. The number of anilines is 2. The number of hydrogen-bond donors (Lipinski definition) is 1. The van der Waals surface area contributed by atoms with E-state index in [-0.39, 0.29) is 11.4 Å². The van der Waals surface area contributed by atoms with Gasteiger partial charge in [0.15, 0.2) is 0 Å². The van der Waals surface area contributed by atoms with Gasteiger partial charge in [0.25, 0.3) is 10.0 Å². The molecule has 1 amide bonds. The Morgan fingerprint density at radius 1 is 0.871 bits per heavy atom. The lowest BCUT2D eigenvalue weighted by molar-refractivity contribution is -0.114. The van der Waals surface area contributed by atoms with E-state index in [1.165, 1.54) is 0 Å². The Bertz CT molecular complexity index is 1220. The van der Waals surface area contributed by atoms with Crippen LogP contribution in [0.1, 0.15) is 22.3 Å². The van der Waals surface area contributed by atoms with Crippen molar-refractivity contribution in [1.82, 2.24) is 0 Å². The van der Waals surface area contributed by atoms with Gasteiger partial charge in [0.1, 0.15) is 6.54 Å². The van der Waals surface area contributed by atoms with Crippen molar-refractivity contribution in [3.63, 3.8) is 0 Å². The molecule has 0 aromatic heterocycles. The lowest BCUT2D eigenvalue weighted by Gasteiger charge is -2.26. The number of hydrogen-bond acceptors (Lipinski definition) is 3. The normalized spacial score (nSPS) is 11.3.